The van der Waals surface area contributed by atoms with E-state index in [1.807, 2.05) is 91.0 Å². The van der Waals surface area contributed by atoms with Gasteiger partial charge in [0.15, 0.2) is 0 Å². The maximum atomic E-state index is 14.7. The molecule has 4 rings (SSSR count). The van der Waals surface area contributed by atoms with Crippen LogP contribution in [0.1, 0.15) is 6.92 Å². The van der Waals surface area contributed by atoms with E-state index in [1.165, 1.54) is 37.1 Å². The van der Waals surface area contributed by atoms with Crippen LogP contribution in [0.4, 0.5) is 9.59 Å². The Labute approximate surface area is 307 Å². The summed E-state index contributed by atoms with van der Waals surface area (Å²) >= 11 is 0.738. The van der Waals surface area contributed by atoms with Crippen LogP contribution in [-0.4, -0.2) is 89.3 Å². The van der Waals surface area contributed by atoms with Crippen LogP contribution in [0.2, 0.25) is 0 Å². The number of amides is 2. The van der Waals surface area contributed by atoms with Gasteiger partial charge in [-0.2, -0.15) is 0 Å². The van der Waals surface area contributed by atoms with Gasteiger partial charge in [-0.3, -0.25) is 14.5 Å². The van der Waals surface area contributed by atoms with Crippen LogP contribution in [-0.2, 0) is 33.3 Å². The van der Waals surface area contributed by atoms with E-state index < -0.39 is 60.1 Å². The first kappa shape index (κ1) is 39.5. The van der Waals surface area contributed by atoms with E-state index in [9.17, 15) is 24.0 Å². The van der Waals surface area contributed by atoms with Gasteiger partial charge in [0.1, 0.15) is 42.6 Å². The first-order chi connectivity index (χ1) is 25.1. The summed E-state index contributed by atoms with van der Waals surface area (Å²) in [5.41, 5.74) is 0.0182. The fourth-order valence-electron chi connectivity index (χ4n) is 5.69. The number of carbonyl (C=O) groups excluding carboxylic acids is 5. The molecule has 52 heavy (non-hydrogen) atoms. The molecule has 1 fully saturated rings. The third-order valence-corrected chi connectivity index (χ3v) is 13.3. The Kier molecular flexibility index (Phi) is 14.3. The summed E-state index contributed by atoms with van der Waals surface area (Å²) in [6, 6.07) is 28.1. The van der Waals surface area contributed by atoms with E-state index >= 15 is 0 Å². The number of esters is 1. The molecule has 1 aliphatic rings. The van der Waals surface area contributed by atoms with Gasteiger partial charge in [0.2, 0.25) is 11.0 Å². The quantitative estimate of drug-likeness (QED) is 0.0660. The molecule has 0 N–H and O–H groups in total. The number of ether oxygens (including phenoxy) is 4. The summed E-state index contributed by atoms with van der Waals surface area (Å²) in [5, 5.41) is 0.624. The standard InChI is InChI=1S/C39H41N2O9PS/c1-6-24-47-37(44)35(51(29-18-12-9-13-19-29,30-20-14-10-15-21-30)31-22-16-11-17-23-31)41-34(43)33(28(4)50-39(46)49-26-8-3)36(41)52-32(42)27-40(5)38(45)48-25-7-2/h6-23,28,33,36H,1-3,24-27H2,4-5H3/t28-,33+,36-/m1/s1. The number of nitrogens with zero attached hydrogens (tertiary/aromatic N) is 2. The Bertz CT molecular complexity index is 1730. The van der Waals surface area contributed by atoms with E-state index in [0.29, 0.717) is 0 Å². The fraction of sp³-hybridized carbons (Fsp3) is 0.231. The van der Waals surface area contributed by atoms with Crippen molar-refractivity contribution in [2.24, 2.45) is 5.92 Å². The molecule has 2 amide bonds. The average molecular weight is 745 g/mol. The van der Waals surface area contributed by atoms with Crippen molar-refractivity contribution >= 4 is 69.2 Å². The first-order valence-corrected chi connectivity index (χ1v) is 19.0. The number of benzene rings is 3. The highest BCUT2D eigenvalue weighted by atomic mass is 32.2. The van der Waals surface area contributed by atoms with Gasteiger partial charge in [-0.15, -0.1) is 0 Å². The van der Waals surface area contributed by atoms with Crippen molar-refractivity contribution in [2.75, 3.05) is 33.4 Å². The highest BCUT2D eigenvalue weighted by Gasteiger charge is 2.57. The molecule has 0 radical (unpaired) electrons. The minimum Gasteiger partial charge on any atom is -0.457 e. The van der Waals surface area contributed by atoms with Crippen LogP contribution in [0.15, 0.2) is 129 Å². The lowest BCUT2D eigenvalue weighted by Gasteiger charge is -2.50. The van der Waals surface area contributed by atoms with Gasteiger partial charge in [-0.25, -0.2) is 14.4 Å². The third-order valence-electron chi connectivity index (χ3n) is 7.94. The minimum absolute atomic E-state index is 0.0182. The molecule has 0 saturated carbocycles. The number of likely N-dealkylation sites (N-methyl/N-ethyl adjacent to an activating group) is 1. The van der Waals surface area contributed by atoms with E-state index in [0.717, 1.165) is 32.6 Å². The van der Waals surface area contributed by atoms with Crippen molar-refractivity contribution in [3.05, 3.63) is 129 Å². The second kappa shape index (κ2) is 18.8. The maximum absolute atomic E-state index is 14.7. The molecule has 3 aromatic carbocycles. The normalized spacial score (nSPS) is 15.6. The van der Waals surface area contributed by atoms with Gasteiger partial charge in [-0.1, -0.05) is 141 Å². The van der Waals surface area contributed by atoms with Crippen LogP contribution in [0.5, 0.6) is 0 Å². The molecular formula is C39H41N2O9PS. The summed E-state index contributed by atoms with van der Waals surface area (Å²) in [6.45, 7) is 8.23. The van der Waals surface area contributed by atoms with Gasteiger partial charge in [0, 0.05) is 13.9 Å². The number of β-lactam (4-membered cyclic amide) rings is 1. The van der Waals surface area contributed by atoms with Gasteiger partial charge in [-0.05, 0) is 22.8 Å². The molecule has 13 heteroatoms. The minimum atomic E-state index is -3.30. The Hall–Kier alpha value is -5.32. The smallest absolute Gasteiger partial charge is 0.457 e. The van der Waals surface area contributed by atoms with Crippen molar-refractivity contribution in [3.63, 3.8) is 0 Å². The number of thioether (sulfide) groups is 1. The Morgan fingerprint density at radius 2 is 1.25 bits per heavy atom. The average Bonchev–Trinajstić information content (AvgIpc) is 3.16. The van der Waals surface area contributed by atoms with E-state index in [1.54, 1.807) is 0 Å². The molecule has 3 aromatic rings. The highest BCUT2D eigenvalue weighted by molar-refractivity contribution is 8.14. The zero-order chi connectivity index (χ0) is 37.7. The van der Waals surface area contributed by atoms with E-state index in [-0.39, 0.29) is 25.2 Å². The second-order valence-corrected chi connectivity index (χ2v) is 15.9. The van der Waals surface area contributed by atoms with Crippen LogP contribution < -0.4 is 15.9 Å². The molecule has 0 bridgehead atoms. The number of likely N-dealkylation sites (tertiary alicyclic amines) is 1. The molecule has 0 aliphatic carbocycles. The van der Waals surface area contributed by atoms with Crippen molar-refractivity contribution in [3.8, 4) is 0 Å². The van der Waals surface area contributed by atoms with E-state index in [4.69, 9.17) is 18.9 Å². The zero-order valence-electron chi connectivity index (χ0n) is 29.0. The van der Waals surface area contributed by atoms with E-state index in [2.05, 4.69) is 19.7 Å². The highest BCUT2D eigenvalue weighted by Crippen LogP contribution is 2.51. The van der Waals surface area contributed by atoms with Crippen LogP contribution >= 0.6 is 18.6 Å². The maximum Gasteiger partial charge on any atom is 0.508 e. The second-order valence-electron chi connectivity index (χ2n) is 11.4. The first-order valence-electron chi connectivity index (χ1n) is 16.3. The third kappa shape index (κ3) is 8.75. The Balaban J connectivity index is 2.00. The lowest BCUT2D eigenvalue weighted by molar-refractivity contribution is -0.152. The lowest BCUT2D eigenvalue weighted by Crippen LogP contribution is -2.67. The topological polar surface area (TPSA) is 129 Å². The molecule has 11 nitrogen and oxygen atoms in total. The number of rotatable bonds is 16. The zero-order valence-corrected chi connectivity index (χ0v) is 30.7. The molecule has 0 aromatic heterocycles. The van der Waals surface area contributed by atoms with Gasteiger partial charge < -0.3 is 23.8 Å². The Morgan fingerprint density at radius 3 is 1.73 bits per heavy atom. The number of carbonyl (C=O) groups is 5. The van der Waals surface area contributed by atoms with Crippen LogP contribution in [0.3, 0.4) is 0 Å². The monoisotopic (exact) mass is 744 g/mol. The van der Waals surface area contributed by atoms with Crippen molar-refractivity contribution in [1.82, 2.24) is 9.80 Å². The number of hydrogen-bond donors (Lipinski definition) is 0. The summed E-state index contributed by atoms with van der Waals surface area (Å²) in [6.07, 6.45) is 1.31. The van der Waals surface area contributed by atoms with Crippen molar-refractivity contribution < 1.29 is 42.9 Å². The molecule has 0 spiro atoms. The van der Waals surface area contributed by atoms with Gasteiger partial charge >= 0.3 is 18.2 Å². The summed E-state index contributed by atoms with van der Waals surface area (Å²) in [7, 11) is 1.40. The molecule has 1 heterocycles. The fourth-order valence-corrected chi connectivity index (χ4v) is 11.5. The van der Waals surface area contributed by atoms with Crippen molar-refractivity contribution in [2.45, 2.75) is 18.4 Å². The molecular weight excluding hydrogens is 703 g/mol. The van der Waals surface area contributed by atoms with Crippen molar-refractivity contribution in [1.29, 1.82) is 0 Å². The molecule has 272 valence electrons. The van der Waals surface area contributed by atoms with Crippen LogP contribution in [0, 0.1) is 5.92 Å². The Morgan fingerprint density at radius 1 is 0.788 bits per heavy atom. The predicted octanol–water partition coefficient (Wildman–Crippen LogP) is 4.87. The molecule has 1 saturated heterocycles. The van der Waals surface area contributed by atoms with Crippen LogP contribution in [0.25, 0.3) is 0 Å². The summed E-state index contributed by atoms with van der Waals surface area (Å²) in [4.78, 5) is 70.4. The summed E-state index contributed by atoms with van der Waals surface area (Å²) < 4.78 is 21.3. The number of hydrogen-bond acceptors (Lipinski definition) is 10. The summed E-state index contributed by atoms with van der Waals surface area (Å²) in [5.74, 6) is -2.47. The largest absolute Gasteiger partial charge is 0.508 e. The molecule has 3 atom stereocenters. The predicted molar refractivity (Wildman–Crippen MR) is 204 cm³/mol. The SMILES string of the molecule is C=CCOC(=O)O[C@H](C)[C@H]1C(=O)N(C(C(=O)OCC=C)=P(c2ccccc2)(c2ccccc2)c2ccccc2)[C@@H]1SC(=O)CN(C)C(=O)OCC=C. The van der Waals surface area contributed by atoms with Gasteiger partial charge in [0.05, 0.1) is 6.54 Å². The molecule has 0 unspecified atom stereocenters. The lowest BCUT2D eigenvalue weighted by atomic mass is 9.92. The van der Waals surface area contributed by atoms with Gasteiger partial charge in [0.25, 0.3) is 0 Å². The molecule has 1 aliphatic heterocycles.